The summed E-state index contributed by atoms with van der Waals surface area (Å²) in [6.45, 7) is 7.88. The second-order valence-electron chi connectivity index (χ2n) is 6.39. The van der Waals surface area contributed by atoms with Crippen LogP contribution in [0, 0.1) is 15.5 Å². The predicted octanol–water partition coefficient (Wildman–Crippen LogP) is 3.08. The van der Waals surface area contributed by atoms with E-state index in [1.165, 1.54) is 11.8 Å². The van der Waals surface area contributed by atoms with E-state index in [0.29, 0.717) is 17.6 Å². The molecule has 0 spiro atoms. The Balaban J connectivity index is 2.44. The van der Waals surface area contributed by atoms with Gasteiger partial charge in [0.05, 0.1) is 11.5 Å². The van der Waals surface area contributed by atoms with E-state index in [1.807, 2.05) is 43.7 Å². The maximum atomic E-state index is 11.6. The first kappa shape index (κ1) is 18.1. The summed E-state index contributed by atoms with van der Waals surface area (Å²) in [5, 5.41) is 12.1. The molecule has 0 aromatic carbocycles. The number of thioether (sulfide) groups is 2. The Labute approximate surface area is 144 Å². The number of hydrogen-bond acceptors (Lipinski definition) is 8. The van der Waals surface area contributed by atoms with E-state index < -0.39 is 4.92 Å². The van der Waals surface area contributed by atoms with Crippen LogP contribution in [0.2, 0.25) is 0 Å². The molecule has 0 bridgehead atoms. The van der Waals surface area contributed by atoms with Gasteiger partial charge in [-0.1, -0.05) is 32.5 Å². The maximum absolute atomic E-state index is 11.6. The molecule has 1 aliphatic rings. The van der Waals surface area contributed by atoms with Gasteiger partial charge in [0.2, 0.25) is 5.82 Å². The fourth-order valence-corrected chi connectivity index (χ4v) is 3.29. The quantitative estimate of drug-likeness (QED) is 0.344. The summed E-state index contributed by atoms with van der Waals surface area (Å²) in [5.41, 5.74) is -0.237. The molecule has 7 nitrogen and oxygen atoms in total. The summed E-state index contributed by atoms with van der Waals surface area (Å²) in [7, 11) is 0. The lowest BCUT2D eigenvalue weighted by molar-refractivity contribution is -0.385. The number of ether oxygens (including phenoxy) is 1. The minimum Gasteiger partial charge on any atom is -0.472 e. The number of nitro groups is 1. The molecule has 0 saturated carbocycles. The molecule has 0 radical (unpaired) electrons. The molecule has 2 rings (SSSR count). The van der Waals surface area contributed by atoms with Gasteiger partial charge in [0, 0.05) is 24.6 Å². The average molecular weight is 358 g/mol. The van der Waals surface area contributed by atoms with E-state index >= 15 is 0 Å². The summed E-state index contributed by atoms with van der Waals surface area (Å²) in [5.74, 6) is 2.32. The van der Waals surface area contributed by atoms with E-state index in [4.69, 9.17) is 4.74 Å². The molecule has 9 heteroatoms. The lowest BCUT2D eigenvalue weighted by atomic mass is 9.99. The Hall–Kier alpha value is -1.22. The van der Waals surface area contributed by atoms with Crippen molar-refractivity contribution in [2.75, 3.05) is 42.4 Å². The number of anilines is 1. The van der Waals surface area contributed by atoms with Crippen molar-refractivity contribution in [3.8, 4) is 5.88 Å². The molecule has 128 valence electrons. The van der Waals surface area contributed by atoms with Gasteiger partial charge in [-0.15, -0.1) is 0 Å². The molecule has 2 heterocycles. The first-order chi connectivity index (χ1) is 10.8. The Kier molecular flexibility index (Phi) is 5.96. The van der Waals surface area contributed by atoms with Crippen LogP contribution in [0.25, 0.3) is 0 Å². The van der Waals surface area contributed by atoms with Crippen LogP contribution in [0.15, 0.2) is 5.16 Å². The van der Waals surface area contributed by atoms with Crippen molar-refractivity contribution >= 4 is 35.0 Å². The van der Waals surface area contributed by atoms with Crippen LogP contribution in [0.1, 0.15) is 20.8 Å². The maximum Gasteiger partial charge on any atom is 0.373 e. The van der Waals surface area contributed by atoms with Crippen LogP contribution >= 0.6 is 23.5 Å². The van der Waals surface area contributed by atoms with Crippen LogP contribution in [0.5, 0.6) is 5.88 Å². The average Bonchev–Trinajstić information content (AvgIpc) is 2.51. The summed E-state index contributed by atoms with van der Waals surface area (Å²) in [6.07, 6.45) is 1.85. The molecule has 0 atom stereocenters. The number of aromatic nitrogens is 2. The third-order valence-corrected chi connectivity index (χ3v) is 4.62. The molecule has 23 heavy (non-hydrogen) atoms. The highest BCUT2D eigenvalue weighted by Gasteiger charge is 2.31. The fourth-order valence-electron chi connectivity index (χ4n) is 2.04. The molecule has 1 aliphatic heterocycles. The van der Waals surface area contributed by atoms with Gasteiger partial charge in [0.25, 0.3) is 0 Å². The summed E-state index contributed by atoms with van der Waals surface area (Å²) in [4.78, 5) is 21.8. The molecule has 0 N–H and O–H groups in total. The van der Waals surface area contributed by atoms with Crippen molar-refractivity contribution < 1.29 is 9.66 Å². The Morgan fingerprint density at radius 3 is 2.52 bits per heavy atom. The second-order valence-corrected chi connectivity index (χ2v) is 8.39. The first-order valence-electron chi connectivity index (χ1n) is 7.38. The van der Waals surface area contributed by atoms with Gasteiger partial charge in [-0.25, -0.2) is 0 Å². The normalized spacial score (nSPS) is 15.6. The minimum atomic E-state index is -0.431. The first-order valence-corrected chi connectivity index (χ1v) is 9.75. The Morgan fingerprint density at radius 1 is 1.35 bits per heavy atom. The zero-order valence-electron chi connectivity index (χ0n) is 13.9. The van der Waals surface area contributed by atoms with Crippen molar-refractivity contribution in [3.05, 3.63) is 10.1 Å². The summed E-state index contributed by atoms with van der Waals surface area (Å²) < 4.78 is 5.70. The van der Waals surface area contributed by atoms with Crippen molar-refractivity contribution in [2.24, 2.45) is 5.41 Å². The third-order valence-electron chi connectivity index (χ3n) is 3.13. The van der Waals surface area contributed by atoms with Gasteiger partial charge in [0.15, 0.2) is 5.16 Å². The standard InChI is InChI=1S/C14H22N4O3S2/c1-14(2,3)9-21-12-10(18(19)20)11(15-13(16-12)22-4)17-5-7-23-8-6-17/h5-9H2,1-4H3. The monoisotopic (exact) mass is 358 g/mol. The van der Waals surface area contributed by atoms with Crippen molar-refractivity contribution in [3.63, 3.8) is 0 Å². The smallest absolute Gasteiger partial charge is 0.373 e. The van der Waals surface area contributed by atoms with Crippen molar-refractivity contribution in [1.29, 1.82) is 0 Å². The van der Waals surface area contributed by atoms with Crippen LogP contribution in [-0.4, -0.2) is 52.3 Å². The molecule has 1 aromatic rings. The van der Waals surface area contributed by atoms with Gasteiger partial charge in [-0.2, -0.15) is 21.7 Å². The van der Waals surface area contributed by atoms with Gasteiger partial charge in [-0.05, 0) is 11.7 Å². The number of rotatable bonds is 5. The van der Waals surface area contributed by atoms with E-state index in [-0.39, 0.29) is 17.0 Å². The van der Waals surface area contributed by atoms with E-state index in [1.54, 1.807) is 0 Å². The van der Waals surface area contributed by atoms with E-state index in [2.05, 4.69) is 9.97 Å². The van der Waals surface area contributed by atoms with Gasteiger partial charge >= 0.3 is 11.6 Å². The van der Waals surface area contributed by atoms with Crippen LogP contribution in [0.4, 0.5) is 11.5 Å². The van der Waals surface area contributed by atoms with E-state index in [0.717, 1.165) is 24.6 Å². The van der Waals surface area contributed by atoms with Crippen LogP contribution in [-0.2, 0) is 0 Å². The van der Waals surface area contributed by atoms with Gasteiger partial charge in [-0.3, -0.25) is 10.1 Å². The Morgan fingerprint density at radius 2 is 2.00 bits per heavy atom. The lowest BCUT2D eigenvalue weighted by Crippen LogP contribution is -2.34. The van der Waals surface area contributed by atoms with Gasteiger partial charge in [0.1, 0.15) is 0 Å². The molecular formula is C14H22N4O3S2. The SMILES string of the molecule is CSc1nc(OCC(C)(C)C)c([N+](=O)[O-])c(N2CCSCC2)n1. The second kappa shape index (κ2) is 7.57. The Bertz CT molecular complexity index is 572. The topological polar surface area (TPSA) is 81.4 Å². The molecule has 1 aromatic heterocycles. The highest BCUT2D eigenvalue weighted by molar-refractivity contribution is 7.99. The largest absolute Gasteiger partial charge is 0.472 e. The molecule has 0 amide bonds. The van der Waals surface area contributed by atoms with Crippen molar-refractivity contribution in [1.82, 2.24) is 9.97 Å². The molecule has 1 fully saturated rings. The predicted molar refractivity (Wildman–Crippen MR) is 95.0 cm³/mol. The number of hydrogen-bond donors (Lipinski definition) is 0. The minimum absolute atomic E-state index is 0.0671. The summed E-state index contributed by atoms with van der Waals surface area (Å²) >= 11 is 3.20. The zero-order valence-corrected chi connectivity index (χ0v) is 15.5. The lowest BCUT2D eigenvalue weighted by Gasteiger charge is -2.27. The molecule has 0 unspecified atom stereocenters. The van der Waals surface area contributed by atoms with Crippen LogP contribution < -0.4 is 9.64 Å². The molecule has 0 aliphatic carbocycles. The van der Waals surface area contributed by atoms with E-state index in [9.17, 15) is 10.1 Å². The summed E-state index contributed by atoms with van der Waals surface area (Å²) in [6, 6.07) is 0. The highest BCUT2D eigenvalue weighted by atomic mass is 32.2. The number of nitrogens with zero attached hydrogens (tertiary/aromatic N) is 4. The fraction of sp³-hybridized carbons (Fsp3) is 0.714. The molecule has 1 saturated heterocycles. The third kappa shape index (κ3) is 4.87. The van der Waals surface area contributed by atoms with Gasteiger partial charge < -0.3 is 9.64 Å². The van der Waals surface area contributed by atoms with Crippen LogP contribution in [0.3, 0.4) is 0 Å². The molecular weight excluding hydrogens is 336 g/mol. The highest BCUT2D eigenvalue weighted by Crippen LogP contribution is 2.37. The van der Waals surface area contributed by atoms with Crippen molar-refractivity contribution in [2.45, 2.75) is 25.9 Å². The zero-order chi connectivity index (χ0) is 17.0.